The van der Waals surface area contributed by atoms with Crippen LogP contribution in [0.3, 0.4) is 0 Å². The van der Waals surface area contributed by atoms with Crippen molar-refractivity contribution in [2.45, 2.75) is 19.0 Å². The highest BCUT2D eigenvalue weighted by atomic mass is 32.1. The molecule has 31 heavy (non-hydrogen) atoms. The Labute approximate surface area is 175 Å². The molecule has 9 nitrogen and oxygen atoms in total. The summed E-state index contributed by atoms with van der Waals surface area (Å²) in [5, 5.41) is 9.71. The van der Waals surface area contributed by atoms with Gasteiger partial charge in [0.15, 0.2) is 5.65 Å². The first-order valence-electron chi connectivity index (χ1n) is 9.05. The first-order chi connectivity index (χ1) is 14.6. The fourth-order valence-electron chi connectivity index (χ4n) is 3.28. The normalized spacial score (nSPS) is 14.6. The molecule has 4 rings (SSSR count). The van der Waals surface area contributed by atoms with E-state index in [1.807, 2.05) is 0 Å². The number of carbonyl (C=O) groups is 2. The summed E-state index contributed by atoms with van der Waals surface area (Å²) < 4.78 is 42.2. The maximum atomic E-state index is 12.5. The summed E-state index contributed by atoms with van der Waals surface area (Å²) in [4.78, 5) is 46.1. The van der Waals surface area contributed by atoms with Gasteiger partial charge in [0, 0.05) is 37.2 Å². The fourth-order valence-corrected chi connectivity index (χ4v) is 3.79. The minimum atomic E-state index is -4.37. The van der Waals surface area contributed by atoms with E-state index in [2.05, 4.69) is 14.3 Å². The Morgan fingerprint density at radius 2 is 2.00 bits per heavy atom. The highest BCUT2D eigenvalue weighted by Crippen LogP contribution is 2.29. The van der Waals surface area contributed by atoms with Crippen molar-refractivity contribution < 1.29 is 27.9 Å². The van der Waals surface area contributed by atoms with Gasteiger partial charge in [0.25, 0.3) is 0 Å². The van der Waals surface area contributed by atoms with Crippen LogP contribution in [0.1, 0.15) is 23.2 Å². The number of halogens is 3. The SMILES string of the molecule is O=C(O)c1cn(-c2ncns2)c2nc(N3CC(C(=O)CCC(F)(F)F)C3)ccc2c1=O. The van der Waals surface area contributed by atoms with E-state index in [4.69, 9.17) is 0 Å². The molecule has 0 radical (unpaired) electrons. The summed E-state index contributed by atoms with van der Waals surface area (Å²) in [5.41, 5.74) is -0.987. The smallest absolute Gasteiger partial charge is 0.389 e. The van der Waals surface area contributed by atoms with Gasteiger partial charge in [-0.1, -0.05) is 0 Å². The largest absolute Gasteiger partial charge is 0.477 e. The lowest BCUT2D eigenvalue weighted by atomic mass is 9.92. The van der Waals surface area contributed by atoms with Gasteiger partial charge in [-0.3, -0.25) is 14.2 Å². The quantitative estimate of drug-likeness (QED) is 0.604. The van der Waals surface area contributed by atoms with Crippen molar-refractivity contribution in [2.75, 3.05) is 18.0 Å². The third kappa shape index (κ3) is 4.13. The molecule has 0 aromatic carbocycles. The molecule has 0 atom stereocenters. The van der Waals surface area contributed by atoms with E-state index in [-0.39, 0.29) is 24.1 Å². The maximum absolute atomic E-state index is 12.5. The first-order valence-corrected chi connectivity index (χ1v) is 9.82. The van der Waals surface area contributed by atoms with Crippen LogP contribution in [0, 0.1) is 5.92 Å². The molecule has 1 aliphatic heterocycles. The molecule has 0 bridgehead atoms. The third-order valence-corrected chi connectivity index (χ3v) is 5.60. The maximum Gasteiger partial charge on any atom is 0.389 e. The Hall–Kier alpha value is -3.35. The number of fused-ring (bicyclic) bond motifs is 1. The molecule has 0 spiro atoms. The number of hydrogen-bond acceptors (Lipinski definition) is 8. The predicted molar refractivity (Wildman–Crippen MR) is 104 cm³/mol. The molecule has 0 amide bonds. The van der Waals surface area contributed by atoms with Crippen LogP contribution in [-0.4, -0.2) is 55.0 Å². The lowest BCUT2D eigenvalue weighted by Crippen LogP contribution is -2.51. The van der Waals surface area contributed by atoms with Crippen LogP contribution in [0.25, 0.3) is 16.2 Å². The minimum Gasteiger partial charge on any atom is -0.477 e. The van der Waals surface area contributed by atoms with Gasteiger partial charge in [-0.2, -0.15) is 17.5 Å². The molecular formula is C18H14F3N5O4S. The van der Waals surface area contributed by atoms with Crippen LogP contribution < -0.4 is 10.3 Å². The molecule has 1 aliphatic rings. The number of nitrogens with zero attached hydrogens (tertiary/aromatic N) is 5. The zero-order chi connectivity index (χ0) is 22.3. The van der Waals surface area contributed by atoms with E-state index in [1.54, 1.807) is 4.90 Å². The second-order valence-electron chi connectivity index (χ2n) is 6.99. The lowest BCUT2D eigenvalue weighted by molar-refractivity contribution is -0.145. The van der Waals surface area contributed by atoms with Crippen LogP contribution >= 0.6 is 11.5 Å². The van der Waals surface area contributed by atoms with Gasteiger partial charge in [-0.15, -0.1) is 0 Å². The highest BCUT2D eigenvalue weighted by molar-refractivity contribution is 7.08. The number of rotatable bonds is 6. The zero-order valence-corrected chi connectivity index (χ0v) is 16.5. The Kier molecular flexibility index (Phi) is 5.21. The van der Waals surface area contributed by atoms with E-state index in [0.717, 1.165) is 17.7 Å². The van der Waals surface area contributed by atoms with Crippen molar-refractivity contribution in [3.63, 3.8) is 0 Å². The average Bonchev–Trinajstić information content (AvgIpc) is 3.19. The number of carbonyl (C=O) groups excluding carboxylic acids is 1. The van der Waals surface area contributed by atoms with Gasteiger partial charge in [0.05, 0.1) is 17.7 Å². The molecule has 1 N–H and O–H groups in total. The molecule has 4 heterocycles. The second-order valence-corrected chi connectivity index (χ2v) is 7.75. The molecule has 13 heteroatoms. The van der Waals surface area contributed by atoms with Crippen molar-refractivity contribution in [3.8, 4) is 5.13 Å². The van der Waals surface area contributed by atoms with Crippen LogP contribution in [0.5, 0.6) is 0 Å². The van der Waals surface area contributed by atoms with Crippen LogP contribution in [0.4, 0.5) is 19.0 Å². The first kappa shape index (κ1) is 20.9. The summed E-state index contributed by atoms with van der Waals surface area (Å²) in [6, 6.07) is 2.94. The number of Topliss-reactive ketones (excluding diaryl/α,β-unsaturated/α-hetero) is 1. The standard InChI is InChI=1S/C18H14F3N5O4S/c19-18(20,21)4-3-12(27)9-5-25(6-9)13-2-1-10-14(28)11(16(29)30)7-26(15(10)24-13)17-22-8-23-31-17/h1-2,7-9H,3-6H2,(H,29,30). The molecule has 1 fully saturated rings. The second kappa shape index (κ2) is 7.72. The van der Waals surface area contributed by atoms with Gasteiger partial charge in [0.2, 0.25) is 10.6 Å². The lowest BCUT2D eigenvalue weighted by Gasteiger charge is -2.39. The van der Waals surface area contributed by atoms with Gasteiger partial charge in [-0.25, -0.2) is 14.8 Å². The van der Waals surface area contributed by atoms with E-state index >= 15 is 0 Å². The number of hydrogen-bond donors (Lipinski definition) is 1. The van der Waals surface area contributed by atoms with E-state index in [0.29, 0.717) is 10.9 Å². The van der Waals surface area contributed by atoms with E-state index in [1.165, 1.54) is 23.0 Å². The van der Waals surface area contributed by atoms with Gasteiger partial charge < -0.3 is 10.0 Å². The van der Waals surface area contributed by atoms with Crippen molar-refractivity contribution >= 4 is 40.1 Å². The van der Waals surface area contributed by atoms with Crippen molar-refractivity contribution in [1.29, 1.82) is 0 Å². The monoisotopic (exact) mass is 453 g/mol. The number of pyridine rings is 2. The summed E-state index contributed by atoms with van der Waals surface area (Å²) >= 11 is 0.980. The molecule has 0 saturated carbocycles. The Bertz CT molecular complexity index is 1220. The molecule has 3 aromatic heterocycles. The van der Waals surface area contributed by atoms with E-state index in [9.17, 15) is 32.7 Å². The van der Waals surface area contributed by atoms with Crippen molar-refractivity contribution in [2.24, 2.45) is 5.92 Å². The predicted octanol–water partition coefficient (Wildman–Crippen LogP) is 2.28. The summed E-state index contributed by atoms with van der Waals surface area (Å²) in [5.74, 6) is -1.95. The van der Waals surface area contributed by atoms with Crippen LogP contribution in [0.2, 0.25) is 0 Å². The number of ketones is 1. The number of anilines is 1. The molecule has 3 aromatic rings. The molecule has 0 aliphatic carbocycles. The summed E-state index contributed by atoms with van der Waals surface area (Å²) in [6.45, 7) is 0.427. The Morgan fingerprint density at radius 3 is 2.61 bits per heavy atom. The molecular weight excluding hydrogens is 439 g/mol. The topological polar surface area (TPSA) is 118 Å². The zero-order valence-electron chi connectivity index (χ0n) is 15.7. The molecule has 1 saturated heterocycles. The molecule has 0 unspecified atom stereocenters. The minimum absolute atomic E-state index is 0.0668. The number of carboxylic acids is 1. The van der Waals surface area contributed by atoms with Gasteiger partial charge in [-0.05, 0) is 12.1 Å². The Morgan fingerprint density at radius 1 is 1.26 bits per heavy atom. The van der Waals surface area contributed by atoms with Crippen molar-refractivity contribution in [3.05, 3.63) is 40.4 Å². The molecule has 162 valence electrons. The summed E-state index contributed by atoms with van der Waals surface area (Å²) in [7, 11) is 0. The van der Waals surface area contributed by atoms with E-state index < -0.39 is 47.7 Å². The average molecular weight is 453 g/mol. The third-order valence-electron chi connectivity index (χ3n) is 4.94. The van der Waals surface area contributed by atoms with Gasteiger partial charge in [0.1, 0.15) is 23.5 Å². The van der Waals surface area contributed by atoms with Crippen molar-refractivity contribution in [1.82, 2.24) is 18.9 Å². The summed E-state index contributed by atoms with van der Waals surface area (Å²) in [6.07, 6.45) is -3.66. The number of aromatic carboxylic acids is 1. The highest BCUT2D eigenvalue weighted by Gasteiger charge is 2.36. The Balaban J connectivity index is 1.63. The number of carboxylic acid groups (broad SMARTS) is 1. The number of aromatic nitrogens is 4. The van der Waals surface area contributed by atoms with Crippen LogP contribution in [0.15, 0.2) is 29.5 Å². The van der Waals surface area contributed by atoms with Gasteiger partial charge >= 0.3 is 12.1 Å². The van der Waals surface area contributed by atoms with Crippen LogP contribution in [-0.2, 0) is 4.79 Å². The number of alkyl halides is 3. The fraction of sp³-hybridized carbons (Fsp3) is 0.333.